The van der Waals surface area contributed by atoms with Crippen LogP contribution in [0.15, 0.2) is 66.7 Å². The molecule has 0 aliphatic heterocycles. The molecule has 0 aliphatic rings. The molecule has 25 heavy (non-hydrogen) atoms. The molecule has 0 aromatic heterocycles. The van der Waals surface area contributed by atoms with Crippen molar-refractivity contribution in [2.45, 2.75) is 27.1 Å². The predicted molar refractivity (Wildman–Crippen MR) is 99.1 cm³/mol. The molecule has 3 heteroatoms. The summed E-state index contributed by atoms with van der Waals surface area (Å²) >= 11 is 0. The first-order valence-electron chi connectivity index (χ1n) is 8.31. The van der Waals surface area contributed by atoms with Crippen molar-refractivity contribution in [3.05, 3.63) is 89.0 Å². The number of phenolic OH excluding ortho intramolecular Hbond substituents is 1. The molecule has 128 valence electrons. The minimum atomic E-state index is 0.0795. The fraction of sp³-hybridized carbons (Fsp3) is 0.182. The van der Waals surface area contributed by atoms with Crippen molar-refractivity contribution in [1.82, 2.24) is 0 Å². The summed E-state index contributed by atoms with van der Waals surface area (Å²) in [6.07, 6.45) is 0. The minimum absolute atomic E-state index is 0.0795. The summed E-state index contributed by atoms with van der Waals surface area (Å²) in [5.74, 6) is 1.14. The lowest BCUT2D eigenvalue weighted by atomic mass is 10.1. The first kappa shape index (κ1) is 16.9. The van der Waals surface area contributed by atoms with Crippen molar-refractivity contribution in [3.8, 4) is 17.2 Å². The van der Waals surface area contributed by atoms with Gasteiger partial charge in [0.05, 0.1) is 0 Å². The van der Waals surface area contributed by atoms with Crippen LogP contribution in [0.25, 0.3) is 0 Å². The Morgan fingerprint density at radius 2 is 1.28 bits per heavy atom. The van der Waals surface area contributed by atoms with Crippen LogP contribution >= 0.6 is 0 Å². The van der Waals surface area contributed by atoms with Crippen LogP contribution in [0, 0.1) is 13.8 Å². The zero-order chi connectivity index (χ0) is 17.6. The van der Waals surface area contributed by atoms with E-state index in [2.05, 4.69) is 13.0 Å². The molecule has 0 aliphatic carbocycles. The zero-order valence-electron chi connectivity index (χ0n) is 14.5. The van der Waals surface area contributed by atoms with Gasteiger partial charge in [0.1, 0.15) is 19.0 Å². The van der Waals surface area contributed by atoms with Gasteiger partial charge in [0.25, 0.3) is 0 Å². The zero-order valence-corrected chi connectivity index (χ0v) is 14.5. The summed E-state index contributed by atoms with van der Waals surface area (Å²) in [4.78, 5) is 0. The van der Waals surface area contributed by atoms with Crippen LogP contribution in [0.3, 0.4) is 0 Å². The largest absolute Gasteiger partial charge is 0.504 e. The lowest BCUT2D eigenvalue weighted by Gasteiger charge is -2.12. The number of ether oxygens (including phenoxy) is 2. The van der Waals surface area contributed by atoms with E-state index in [1.807, 2.05) is 55.5 Å². The molecule has 3 aromatic rings. The van der Waals surface area contributed by atoms with E-state index in [4.69, 9.17) is 9.47 Å². The molecule has 0 amide bonds. The van der Waals surface area contributed by atoms with E-state index in [1.54, 1.807) is 12.1 Å². The number of benzene rings is 3. The smallest absolute Gasteiger partial charge is 0.161 e. The third-order valence-electron chi connectivity index (χ3n) is 4.23. The number of hydrogen-bond donors (Lipinski definition) is 1. The van der Waals surface area contributed by atoms with E-state index in [0.717, 1.165) is 11.1 Å². The molecular weight excluding hydrogens is 312 g/mol. The Morgan fingerprint density at radius 1 is 0.720 bits per heavy atom. The third-order valence-corrected chi connectivity index (χ3v) is 4.23. The number of aromatic hydroxyl groups is 1. The fourth-order valence-electron chi connectivity index (χ4n) is 2.57. The lowest BCUT2D eigenvalue weighted by molar-refractivity contribution is 0.281. The van der Waals surface area contributed by atoms with Gasteiger partial charge in [0.15, 0.2) is 11.5 Å². The summed E-state index contributed by atoms with van der Waals surface area (Å²) in [6.45, 7) is 4.99. The second kappa shape index (κ2) is 7.75. The lowest BCUT2D eigenvalue weighted by Crippen LogP contribution is -1.99. The molecule has 3 rings (SSSR count). The summed E-state index contributed by atoms with van der Waals surface area (Å²) in [6, 6.07) is 21.3. The van der Waals surface area contributed by atoms with Gasteiger partial charge in [-0.05, 0) is 48.2 Å². The summed E-state index contributed by atoms with van der Waals surface area (Å²) in [7, 11) is 0. The highest BCUT2D eigenvalue weighted by Gasteiger charge is 2.07. The molecule has 0 unspecified atom stereocenters. The van der Waals surface area contributed by atoms with Crippen molar-refractivity contribution in [3.63, 3.8) is 0 Å². The third kappa shape index (κ3) is 4.32. The summed E-state index contributed by atoms with van der Waals surface area (Å²) < 4.78 is 11.5. The van der Waals surface area contributed by atoms with Crippen LogP contribution in [0.1, 0.15) is 22.3 Å². The molecule has 0 atom stereocenters. The summed E-state index contributed by atoms with van der Waals surface area (Å²) in [5.41, 5.74) is 4.58. The maximum absolute atomic E-state index is 10.2. The second-order valence-corrected chi connectivity index (χ2v) is 6.06. The van der Waals surface area contributed by atoms with Crippen molar-refractivity contribution < 1.29 is 14.6 Å². The topological polar surface area (TPSA) is 38.7 Å². The fourth-order valence-corrected chi connectivity index (χ4v) is 2.57. The summed E-state index contributed by atoms with van der Waals surface area (Å²) in [5, 5.41) is 10.2. The van der Waals surface area contributed by atoms with Gasteiger partial charge in [0.2, 0.25) is 0 Å². The SMILES string of the molecule is Cc1ccccc1COc1ccc(OCc2ccccc2C)c(O)c1. The van der Waals surface area contributed by atoms with Crippen molar-refractivity contribution in [1.29, 1.82) is 0 Å². The van der Waals surface area contributed by atoms with E-state index < -0.39 is 0 Å². The van der Waals surface area contributed by atoms with Gasteiger partial charge in [0, 0.05) is 6.07 Å². The van der Waals surface area contributed by atoms with Gasteiger partial charge in [-0.1, -0.05) is 48.5 Å². The van der Waals surface area contributed by atoms with Crippen molar-refractivity contribution in [2.75, 3.05) is 0 Å². The first-order valence-corrected chi connectivity index (χ1v) is 8.31. The van der Waals surface area contributed by atoms with Gasteiger partial charge in [-0.25, -0.2) is 0 Å². The molecule has 0 heterocycles. The predicted octanol–water partition coefficient (Wildman–Crippen LogP) is 5.17. The Bertz CT molecular complexity index is 855. The van der Waals surface area contributed by atoms with Crippen LogP contribution in [0.2, 0.25) is 0 Å². The molecular formula is C22H22O3. The maximum atomic E-state index is 10.2. The molecule has 0 fully saturated rings. The average molecular weight is 334 g/mol. The van der Waals surface area contributed by atoms with Crippen LogP contribution < -0.4 is 9.47 Å². The van der Waals surface area contributed by atoms with Gasteiger partial charge < -0.3 is 14.6 Å². The highest BCUT2D eigenvalue weighted by molar-refractivity contribution is 5.44. The second-order valence-electron chi connectivity index (χ2n) is 6.06. The molecule has 0 radical (unpaired) electrons. The van der Waals surface area contributed by atoms with Gasteiger partial charge in [-0.2, -0.15) is 0 Å². The van der Waals surface area contributed by atoms with Gasteiger partial charge in [-0.3, -0.25) is 0 Å². The van der Waals surface area contributed by atoms with Gasteiger partial charge >= 0.3 is 0 Å². The quantitative estimate of drug-likeness (QED) is 0.676. The van der Waals surface area contributed by atoms with Crippen LogP contribution in [0.4, 0.5) is 0 Å². The van der Waals surface area contributed by atoms with Crippen LogP contribution in [-0.4, -0.2) is 5.11 Å². The normalized spacial score (nSPS) is 10.5. The highest BCUT2D eigenvalue weighted by atomic mass is 16.5. The Kier molecular flexibility index (Phi) is 5.24. The average Bonchev–Trinajstić information content (AvgIpc) is 2.61. The van der Waals surface area contributed by atoms with E-state index in [-0.39, 0.29) is 5.75 Å². The van der Waals surface area contributed by atoms with Crippen LogP contribution in [-0.2, 0) is 13.2 Å². The van der Waals surface area contributed by atoms with Gasteiger partial charge in [-0.15, -0.1) is 0 Å². The maximum Gasteiger partial charge on any atom is 0.161 e. The van der Waals surface area contributed by atoms with Crippen molar-refractivity contribution >= 4 is 0 Å². The van der Waals surface area contributed by atoms with E-state index in [0.29, 0.717) is 24.7 Å². The molecule has 0 saturated carbocycles. The Balaban J connectivity index is 1.63. The molecule has 0 spiro atoms. The Morgan fingerprint density at radius 3 is 1.84 bits per heavy atom. The molecule has 3 nitrogen and oxygen atoms in total. The highest BCUT2D eigenvalue weighted by Crippen LogP contribution is 2.31. The van der Waals surface area contributed by atoms with Crippen molar-refractivity contribution in [2.24, 2.45) is 0 Å². The molecule has 3 aromatic carbocycles. The Labute approximate surface area is 148 Å². The molecule has 0 saturated heterocycles. The van der Waals surface area contributed by atoms with E-state index in [9.17, 15) is 5.11 Å². The van der Waals surface area contributed by atoms with E-state index in [1.165, 1.54) is 11.1 Å². The number of rotatable bonds is 6. The van der Waals surface area contributed by atoms with Crippen LogP contribution in [0.5, 0.6) is 17.2 Å². The monoisotopic (exact) mass is 334 g/mol. The van der Waals surface area contributed by atoms with E-state index >= 15 is 0 Å². The molecule has 0 bridgehead atoms. The number of hydrogen-bond acceptors (Lipinski definition) is 3. The number of aryl methyl sites for hydroxylation is 2. The first-order chi connectivity index (χ1) is 12.1. The minimum Gasteiger partial charge on any atom is -0.504 e. The standard InChI is InChI=1S/C22H22O3/c1-16-7-3-5-9-18(16)14-24-20-11-12-22(21(23)13-20)25-15-19-10-6-4-8-17(19)2/h3-13,23H,14-15H2,1-2H3. The number of phenols is 1. The molecule has 1 N–H and O–H groups in total. The Hall–Kier alpha value is -2.94.